The molecule has 1 aromatic heterocycles. The Bertz CT molecular complexity index is 758. The fraction of sp³-hybridized carbons (Fsp3) is 0.0588. The van der Waals surface area contributed by atoms with Gasteiger partial charge >= 0.3 is 0 Å². The van der Waals surface area contributed by atoms with Gasteiger partial charge in [0.05, 0.1) is 5.69 Å². The zero-order valence-electron chi connectivity index (χ0n) is 11.5. The maximum Gasteiger partial charge on any atom is 0.209 e. The largest absolute Gasteiger partial charge is 0.227 e. The third-order valence-corrected chi connectivity index (χ3v) is 4.31. The van der Waals surface area contributed by atoms with Gasteiger partial charge in [-0.1, -0.05) is 57.9 Å². The quantitative estimate of drug-likeness (QED) is 0.558. The summed E-state index contributed by atoms with van der Waals surface area (Å²) in [5.41, 5.74) is 4.41. The van der Waals surface area contributed by atoms with Crippen LogP contribution in [0.1, 0.15) is 11.1 Å². The molecule has 0 aliphatic carbocycles. The van der Waals surface area contributed by atoms with E-state index in [1.165, 1.54) is 5.56 Å². The van der Waals surface area contributed by atoms with E-state index in [2.05, 4.69) is 57.1 Å². The van der Waals surface area contributed by atoms with Gasteiger partial charge in [-0.15, -0.1) is 11.3 Å². The highest BCUT2D eigenvalue weighted by Crippen LogP contribution is 2.26. The Morgan fingerprint density at radius 3 is 2.48 bits per heavy atom. The summed E-state index contributed by atoms with van der Waals surface area (Å²) in [5, 5.41) is 2.81. The first-order valence-electron chi connectivity index (χ1n) is 6.53. The summed E-state index contributed by atoms with van der Waals surface area (Å²) in [5.74, 6) is 0. The lowest BCUT2D eigenvalue weighted by atomic mass is 10.1. The average Bonchev–Trinajstić information content (AvgIpc) is 2.96. The molecular formula is C17H13BrN2S. The van der Waals surface area contributed by atoms with Crippen LogP contribution >= 0.6 is 27.3 Å². The number of halogens is 1. The molecule has 0 fully saturated rings. The highest BCUT2D eigenvalue weighted by atomic mass is 79.9. The highest BCUT2D eigenvalue weighted by molar-refractivity contribution is 9.10. The monoisotopic (exact) mass is 356 g/mol. The second-order valence-electron chi connectivity index (χ2n) is 4.69. The average molecular weight is 357 g/mol. The number of rotatable bonds is 3. The molecule has 1 heterocycles. The molecule has 0 radical (unpaired) electrons. The minimum Gasteiger partial charge on any atom is -0.227 e. The predicted molar refractivity (Wildman–Crippen MR) is 93.7 cm³/mol. The van der Waals surface area contributed by atoms with Gasteiger partial charge < -0.3 is 0 Å². The lowest BCUT2D eigenvalue weighted by molar-refractivity contribution is 1.35. The Hall–Kier alpha value is -1.78. The van der Waals surface area contributed by atoms with Crippen molar-refractivity contribution in [3.05, 3.63) is 69.5 Å². The van der Waals surface area contributed by atoms with Gasteiger partial charge in [-0.3, -0.25) is 0 Å². The molecule has 0 saturated carbocycles. The smallest absolute Gasteiger partial charge is 0.209 e. The van der Waals surface area contributed by atoms with Crippen LogP contribution in [0.5, 0.6) is 0 Å². The van der Waals surface area contributed by atoms with Crippen molar-refractivity contribution >= 4 is 38.6 Å². The SMILES string of the molecule is Cc1ccc(-c2csc(/N=C/c3ccc(Br)cc3)n2)cc1. The molecule has 0 bridgehead atoms. The third-order valence-electron chi connectivity index (χ3n) is 3.03. The lowest BCUT2D eigenvalue weighted by Gasteiger charge is -1.96. The topological polar surface area (TPSA) is 25.2 Å². The van der Waals surface area contributed by atoms with E-state index in [4.69, 9.17) is 0 Å². The minimum atomic E-state index is 0.772. The Morgan fingerprint density at radius 2 is 1.76 bits per heavy atom. The predicted octanol–water partition coefficient (Wildman–Crippen LogP) is 5.63. The van der Waals surface area contributed by atoms with Crippen molar-refractivity contribution < 1.29 is 0 Å². The van der Waals surface area contributed by atoms with Crippen LogP contribution in [0.4, 0.5) is 5.13 Å². The molecule has 21 heavy (non-hydrogen) atoms. The number of aromatic nitrogens is 1. The van der Waals surface area contributed by atoms with Crippen molar-refractivity contribution in [3.8, 4) is 11.3 Å². The molecule has 0 spiro atoms. The van der Waals surface area contributed by atoms with Crippen molar-refractivity contribution in [2.24, 2.45) is 4.99 Å². The van der Waals surface area contributed by atoms with E-state index in [1.54, 1.807) is 11.3 Å². The van der Waals surface area contributed by atoms with E-state index in [0.717, 1.165) is 26.4 Å². The first kappa shape index (κ1) is 14.2. The summed E-state index contributed by atoms with van der Waals surface area (Å²) in [4.78, 5) is 8.99. The van der Waals surface area contributed by atoms with Crippen molar-refractivity contribution in [1.82, 2.24) is 4.98 Å². The van der Waals surface area contributed by atoms with Gasteiger partial charge in [0.2, 0.25) is 5.13 Å². The lowest BCUT2D eigenvalue weighted by Crippen LogP contribution is -1.80. The number of thiazole rings is 1. The van der Waals surface area contributed by atoms with E-state index in [9.17, 15) is 0 Å². The second-order valence-corrected chi connectivity index (χ2v) is 6.44. The van der Waals surface area contributed by atoms with Crippen LogP contribution in [-0.2, 0) is 0 Å². The maximum absolute atomic E-state index is 4.55. The molecular weight excluding hydrogens is 344 g/mol. The Balaban J connectivity index is 1.78. The van der Waals surface area contributed by atoms with E-state index < -0.39 is 0 Å². The minimum absolute atomic E-state index is 0.772. The van der Waals surface area contributed by atoms with Crippen molar-refractivity contribution in [3.63, 3.8) is 0 Å². The van der Waals surface area contributed by atoms with E-state index in [1.807, 2.05) is 35.9 Å². The summed E-state index contributed by atoms with van der Waals surface area (Å²) in [7, 11) is 0. The second kappa shape index (κ2) is 6.33. The fourth-order valence-electron chi connectivity index (χ4n) is 1.86. The molecule has 0 amide bonds. The molecule has 0 aliphatic heterocycles. The van der Waals surface area contributed by atoms with Crippen LogP contribution in [-0.4, -0.2) is 11.2 Å². The summed E-state index contributed by atoms with van der Waals surface area (Å²) in [6.45, 7) is 2.08. The highest BCUT2D eigenvalue weighted by Gasteiger charge is 2.03. The summed E-state index contributed by atoms with van der Waals surface area (Å²) in [6.07, 6.45) is 1.84. The maximum atomic E-state index is 4.55. The molecule has 3 rings (SSSR count). The first-order valence-corrected chi connectivity index (χ1v) is 8.20. The van der Waals surface area contributed by atoms with E-state index >= 15 is 0 Å². The fourth-order valence-corrected chi connectivity index (χ4v) is 2.79. The molecule has 0 N–H and O–H groups in total. The molecule has 104 valence electrons. The van der Waals surface area contributed by atoms with Crippen LogP contribution in [0, 0.1) is 6.92 Å². The molecule has 3 aromatic rings. The van der Waals surface area contributed by atoms with Crippen LogP contribution in [0.2, 0.25) is 0 Å². The van der Waals surface area contributed by atoms with Gasteiger partial charge in [-0.2, -0.15) is 0 Å². The summed E-state index contributed by atoms with van der Waals surface area (Å²) in [6, 6.07) is 16.4. The summed E-state index contributed by atoms with van der Waals surface area (Å²) >= 11 is 4.97. The molecule has 4 heteroatoms. The number of benzene rings is 2. The van der Waals surface area contributed by atoms with Crippen LogP contribution in [0.15, 0.2) is 63.4 Å². The van der Waals surface area contributed by atoms with Crippen LogP contribution < -0.4 is 0 Å². The number of nitrogens with zero attached hydrogens (tertiary/aromatic N) is 2. The number of aryl methyl sites for hydroxylation is 1. The normalized spacial score (nSPS) is 11.1. The number of hydrogen-bond acceptors (Lipinski definition) is 3. The molecule has 2 nitrogen and oxygen atoms in total. The van der Waals surface area contributed by atoms with Gasteiger partial charge in [0.15, 0.2) is 0 Å². The molecule has 0 saturated heterocycles. The molecule has 0 aliphatic rings. The van der Waals surface area contributed by atoms with Gasteiger partial charge in [0.1, 0.15) is 0 Å². The molecule has 0 atom stereocenters. The number of aliphatic imine (C=N–C) groups is 1. The zero-order chi connectivity index (χ0) is 14.7. The van der Waals surface area contributed by atoms with E-state index in [0.29, 0.717) is 0 Å². The third kappa shape index (κ3) is 3.65. The zero-order valence-corrected chi connectivity index (χ0v) is 13.9. The van der Waals surface area contributed by atoms with Crippen molar-refractivity contribution in [2.45, 2.75) is 6.92 Å². The van der Waals surface area contributed by atoms with Crippen molar-refractivity contribution in [1.29, 1.82) is 0 Å². The van der Waals surface area contributed by atoms with Gasteiger partial charge in [0.25, 0.3) is 0 Å². The van der Waals surface area contributed by atoms with Crippen LogP contribution in [0.25, 0.3) is 11.3 Å². The summed E-state index contributed by atoms with van der Waals surface area (Å²) < 4.78 is 1.07. The Morgan fingerprint density at radius 1 is 1.05 bits per heavy atom. The molecule has 0 unspecified atom stereocenters. The molecule has 2 aromatic carbocycles. The van der Waals surface area contributed by atoms with Gasteiger partial charge in [-0.25, -0.2) is 9.98 Å². The Labute approximate surface area is 136 Å². The van der Waals surface area contributed by atoms with Gasteiger partial charge in [-0.05, 0) is 24.6 Å². The van der Waals surface area contributed by atoms with Crippen molar-refractivity contribution in [2.75, 3.05) is 0 Å². The first-order chi connectivity index (χ1) is 10.2. The standard InChI is InChI=1S/C17H13BrN2S/c1-12-2-6-14(7-3-12)16-11-21-17(20-16)19-10-13-4-8-15(18)9-5-13/h2-11H,1H3/b19-10+. The van der Waals surface area contributed by atoms with Crippen LogP contribution in [0.3, 0.4) is 0 Å². The Kier molecular flexibility index (Phi) is 4.27. The van der Waals surface area contributed by atoms with E-state index in [-0.39, 0.29) is 0 Å². The number of hydrogen-bond donors (Lipinski definition) is 0. The van der Waals surface area contributed by atoms with Gasteiger partial charge in [0, 0.05) is 21.6 Å².